The van der Waals surface area contributed by atoms with Crippen LogP contribution in [0.2, 0.25) is 0 Å². The smallest absolute Gasteiger partial charge is 0.337 e. The average molecular weight is 203 g/mol. The molecule has 0 saturated carbocycles. The summed E-state index contributed by atoms with van der Waals surface area (Å²) in [5.41, 5.74) is -1.29. The fourth-order valence-electron chi connectivity index (χ4n) is 0.913. The molecule has 0 fully saturated rings. The Labute approximate surface area is 78.1 Å². The zero-order chi connectivity index (χ0) is 10.7. The number of pyridine rings is 1. The molecule has 0 aromatic carbocycles. The molecule has 0 aliphatic heterocycles. The van der Waals surface area contributed by atoms with Crippen LogP contribution >= 0.6 is 0 Å². The van der Waals surface area contributed by atoms with Gasteiger partial charge in [-0.15, -0.1) is 0 Å². The van der Waals surface area contributed by atoms with Gasteiger partial charge in [-0.2, -0.15) is 0 Å². The summed E-state index contributed by atoms with van der Waals surface area (Å²) in [4.78, 5) is 13.9. The summed E-state index contributed by atoms with van der Waals surface area (Å²) in [6.45, 7) is 0. The maximum atomic E-state index is 12.3. The van der Waals surface area contributed by atoms with Gasteiger partial charge in [-0.05, 0) is 6.07 Å². The first-order valence-corrected chi connectivity index (χ1v) is 3.61. The number of aromatic nitrogens is 1. The first-order chi connectivity index (χ1) is 6.56. The van der Waals surface area contributed by atoms with Crippen LogP contribution in [0.15, 0.2) is 12.3 Å². The number of rotatable bonds is 3. The molecule has 0 atom stereocenters. The quantitative estimate of drug-likeness (QED) is 0.812. The van der Waals surface area contributed by atoms with E-state index in [1.165, 1.54) is 7.11 Å². The van der Waals surface area contributed by atoms with Crippen molar-refractivity contribution in [2.75, 3.05) is 7.11 Å². The molecule has 6 heteroatoms. The lowest BCUT2D eigenvalue weighted by atomic mass is 10.2. The maximum absolute atomic E-state index is 12.3. The van der Waals surface area contributed by atoms with Gasteiger partial charge in [-0.1, -0.05) is 0 Å². The molecular weight excluding hydrogens is 196 g/mol. The molecule has 14 heavy (non-hydrogen) atoms. The van der Waals surface area contributed by atoms with Gasteiger partial charge in [-0.3, -0.25) is 4.98 Å². The number of nitrogens with zero attached hydrogens (tertiary/aromatic N) is 1. The van der Waals surface area contributed by atoms with Crippen LogP contribution in [-0.2, 0) is 0 Å². The molecule has 0 aliphatic rings. The molecule has 0 spiro atoms. The van der Waals surface area contributed by atoms with E-state index in [1.54, 1.807) is 0 Å². The minimum atomic E-state index is -2.91. The second kappa shape index (κ2) is 3.99. The van der Waals surface area contributed by atoms with Gasteiger partial charge in [0.25, 0.3) is 6.43 Å². The van der Waals surface area contributed by atoms with Crippen molar-refractivity contribution in [1.82, 2.24) is 4.98 Å². The molecule has 1 aromatic rings. The average Bonchev–Trinajstić information content (AvgIpc) is 2.16. The fourth-order valence-corrected chi connectivity index (χ4v) is 0.913. The van der Waals surface area contributed by atoms with Crippen LogP contribution in [0.3, 0.4) is 0 Å². The van der Waals surface area contributed by atoms with E-state index in [-0.39, 0.29) is 5.75 Å². The van der Waals surface area contributed by atoms with Gasteiger partial charge in [0.15, 0.2) is 0 Å². The molecule has 0 amide bonds. The molecule has 0 radical (unpaired) electrons. The zero-order valence-electron chi connectivity index (χ0n) is 7.20. The first-order valence-electron chi connectivity index (χ1n) is 3.61. The third-order valence-corrected chi connectivity index (χ3v) is 1.57. The SMILES string of the molecule is COc1cnc(C(F)F)c(C(=O)O)c1. The third kappa shape index (κ3) is 1.95. The number of hydrogen-bond acceptors (Lipinski definition) is 3. The Morgan fingerprint density at radius 3 is 2.71 bits per heavy atom. The number of carbonyl (C=O) groups is 1. The van der Waals surface area contributed by atoms with Crippen LogP contribution < -0.4 is 4.74 Å². The number of halogens is 2. The van der Waals surface area contributed by atoms with Crippen molar-refractivity contribution in [1.29, 1.82) is 0 Å². The van der Waals surface area contributed by atoms with Crippen molar-refractivity contribution in [3.05, 3.63) is 23.5 Å². The molecule has 1 heterocycles. The van der Waals surface area contributed by atoms with E-state index in [2.05, 4.69) is 9.72 Å². The lowest BCUT2D eigenvalue weighted by Crippen LogP contribution is -2.05. The summed E-state index contributed by atoms with van der Waals surface area (Å²) < 4.78 is 29.2. The molecule has 1 aromatic heterocycles. The third-order valence-electron chi connectivity index (χ3n) is 1.57. The highest BCUT2D eigenvalue weighted by Crippen LogP contribution is 2.23. The highest BCUT2D eigenvalue weighted by Gasteiger charge is 2.20. The summed E-state index contributed by atoms with van der Waals surface area (Å²) >= 11 is 0. The first kappa shape index (κ1) is 10.4. The van der Waals surface area contributed by atoms with E-state index in [0.29, 0.717) is 0 Å². The summed E-state index contributed by atoms with van der Waals surface area (Å²) in [5.74, 6) is -1.32. The van der Waals surface area contributed by atoms with E-state index in [9.17, 15) is 13.6 Å². The standard InChI is InChI=1S/C8H7F2NO3/c1-14-4-2-5(8(12)13)6(7(9)10)11-3-4/h2-3,7H,1H3,(H,12,13). The predicted molar refractivity (Wildman–Crippen MR) is 42.7 cm³/mol. The number of hydrogen-bond donors (Lipinski definition) is 1. The van der Waals surface area contributed by atoms with Gasteiger partial charge in [0.2, 0.25) is 0 Å². The molecule has 1 N–H and O–H groups in total. The molecule has 0 saturated heterocycles. The predicted octanol–water partition coefficient (Wildman–Crippen LogP) is 1.73. The number of methoxy groups -OCH3 is 1. The Balaban J connectivity index is 3.24. The van der Waals surface area contributed by atoms with Crippen LogP contribution in [-0.4, -0.2) is 23.2 Å². The summed E-state index contributed by atoms with van der Waals surface area (Å²) in [7, 11) is 1.30. The highest BCUT2D eigenvalue weighted by molar-refractivity contribution is 5.89. The van der Waals surface area contributed by atoms with Crippen molar-refractivity contribution in [2.45, 2.75) is 6.43 Å². The van der Waals surface area contributed by atoms with E-state index in [4.69, 9.17) is 5.11 Å². The van der Waals surface area contributed by atoms with Gasteiger partial charge in [0.05, 0.1) is 18.9 Å². The number of carboxylic acid groups (broad SMARTS) is 1. The maximum Gasteiger partial charge on any atom is 0.337 e. The molecule has 76 valence electrons. The Hall–Kier alpha value is -1.72. The van der Waals surface area contributed by atoms with Gasteiger partial charge in [-0.25, -0.2) is 13.6 Å². The van der Waals surface area contributed by atoms with Crippen LogP contribution in [0.4, 0.5) is 8.78 Å². The number of alkyl halides is 2. The van der Waals surface area contributed by atoms with Gasteiger partial charge in [0.1, 0.15) is 11.4 Å². The van der Waals surface area contributed by atoms with Crippen molar-refractivity contribution < 1.29 is 23.4 Å². The topological polar surface area (TPSA) is 59.4 Å². The lowest BCUT2D eigenvalue weighted by Gasteiger charge is -2.05. The van der Waals surface area contributed by atoms with Crippen LogP contribution in [0.1, 0.15) is 22.5 Å². The molecule has 0 aliphatic carbocycles. The van der Waals surface area contributed by atoms with Gasteiger partial charge < -0.3 is 9.84 Å². The van der Waals surface area contributed by atoms with E-state index >= 15 is 0 Å². The van der Waals surface area contributed by atoms with Gasteiger partial charge >= 0.3 is 5.97 Å². The van der Waals surface area contributed by atoms with Crippen LogP contribution in [0, 0.1) is 0 Å². The second-order valence-corrected chi connectivity index (χ2v) is 2.41. The van der Waals surface area contributed by atoms with Crippen LogP contribution in [0.5, 0.6) is 5.75 Å². The molecule has 4 nitrogen and oxygen atoms in total. The molecular formula is C8H7F2NO3. The largest absolute Gasteiger partial charge is 0.495 e. The van der Waals surface area contributed by atoms with Crippen molar-refractivity contribution >= 4 is 5.97 Å². The summed E-state index contributed by atoms with van der Waals surface area (Å²) in [6, 6.07) is 1.01. The van der Waals surface area contributed by atoms with E-state index in [0.717, 1.165) is 12.3 Å². The molecule has 0 bridgehead atoms. The minimum Gasteiger partial charge on any atom is -0.495 e. The molecule has 0 unspecified atom stereocenters. The van der Waals surface area contributed by atoms with Crippen LogP contribution in [0.25, 0.3) is 0 Å². The lowest BCUT2D eigenvalue weighted by molar-refractivity contribution is 0.0681. The number of aromatic carboxylic acids is 1. The van der Waals surface area contributed by atoms with E-state index < -0.39 is 23.7 Å². The number of carboxylic acids is 1. The molecule has 1 rings (SSSR count). The second-order valence-electron chi connectivity index (χ2n) is 2.41. The summed E-state index contributed by atoms with van der Waals surface area (Å²) in [6.07, 6.45) is -1.86. The normalized spacial score (nSPS) is 10.3. The Morgan fingerprint density at radius 1 is 1.64 bits per heavy atom. The fraction of sp³-hybridized carbons (Fsp3) is 0.250. The summed E-state index contributed by atoms with van der Waals surface area (Å²) in [5, 5.41) is 8.61. The van der Waals surface area contributed by atoms with E-state index in [1.807, 2.05) is 0 Å². The Bertz CT molecular complexity index is 354. The van der Waals surface area contributed by atoms with Crippen molar-refractivity contribution in [2.24, 2.45) is 0 Å². The zero-order valence-corrected chi connectivity index (χ0v) is 7.20. The monoisotopic (exact) mass is 203 g/mol. The minimum absolute atomic E-state index is 0.131. The van der Waals surface area contributed by atoms with Crippen molar-refractivity contribution in [3.8, 4) is 5.75 Å². The highest BCUT2D eigenvalue weighted by atomic mass is 19.3. The Kier molecular flexibility index (Phi) is 2.95. The van der Waals surface area contributed by atoms with Gasteiger partial charge in [0, 0.05) is 0 Å². The number of ether oxygens (including phenoxy) is 1. The Morgan fingerprint density at radius 2 is 2.29 bits per heavy atom. The van der Waals surface area contributed by atoms with Crippen molar-refractivity contribution in [3.63, 3.8) is 0 Å².